The number of rotatable bonds is 8. The van der Waals surface area contributed by atoms with Crippen LogP contribution in [0.4, 0.5) is 8.78 Å². The van der Waals surface area contributed by atoms with Gasteiger partial charge in [-0.05, 0) is 56.3 Å². The molecule has 0 fully saturated rings. The topological polar surface area (TPSA) is 76.7 Å². The average Bonchev–Trinajstić information content (AvgIpc) is 2.68. The number of hydrogen-bond donors (Lipinski definition) is 2. The number of amides is 2. The van der Waals surface area contributed by atoms with Crippen molar-refractivity contribution in [1.29, 1.82) is 0 Å². The molecule has 2 rings (SSSR count). The molecule has 2 aromatic rings. The summed E-state index contributed by atoms with van der Waals surface area (Å²) in [5.41, 5.74) is 4.43. The minimum Gasteiger partial charge on any atom is -0.494 e. The molecule has 150 valence electrons. The number of carbonyl (C=O) groups excluding carboxylic acids is 2. The molecule has 0 saturated carbocycles. The molecule has 2 amide bonds. The second kappa shape index (κ2) is 10.5. The molecule has 6 nitrogen and oxygen atoms in total. The lowest BCUT2D eigenvalue weighted by molar-refractivity contribution is -0.131. The molecule has 0 heterocycles. The van der Waals surface area contributed by atoms with E-state index < -0.39 is 29.6 Å². The lowest BCUT2D eigenvalue weighted by atomic mass is 10.3. The number of benzene rings is 2. The zero-order valence-electron chi connectivity index (χ0n) is 15.3. The van der Waals surface area contributed by atoms with Crippen molar-refractivity contribution in [2.45, 2.75) is 24.8 Å². The van der Waals surface area contributed by atoms with Crippen molar-refractivity contribution >= 4 is 23.6 Å². The second-order valence-electron chi connectivity index (χ2n) is 5.57. The SMILES string of the molecule is CCOc1ccc(O[C@H](C)C(=O)NNC(=O)CSc2cc(F)ccc2F)cc1. The number of nitrogens with one attached hydrogen (secondary N) is 2. The highest BCUT2D eigenvalue weighted by Crippen LogP contribution is 2.22. The Labute approximate surface area is 165 Å². The molecule has 0 unspecified atom stereocenters. The van der Waals surface area contributed by atoms with E-state index in [0.29, 0.717) is 18.1 Å². The molecule has 0 aliphatic heterocycles. The summed E-state index contributed by atoms with van der Waals surface area (Å²) in [7, 11) is 0. The van der Waals surface area contributed by atoms with Crippen LogP contribution < -0.4 is 20.3 Å². The first-order valence-corrected chi connectivity index (χ1v) is 9.43. The van der Waals surface area contributed by atoms with Crippen LogP contribution in [0.15, 0.2) is 47.4 Å². The van der Waals surface area contributed by atoms with E-state index in [2.05, 4.69) is 10.9 Å². The molecule has 0 aliphatic rings. The summed E-state index contributed by atoms with van der Waals surface area (Å²) < 4.78 is 37.4. The molecule has 1 atom stereocenters. The van der Waals surface area contributed by atoms with Crippen LogP contribution in [-0.2, 0) is 9.59 Å². The summed E-state index contributed by atoms with van der Waals surface area (Å²) in [6, 6.07) is 9.73. The Balaban J connectivity index is 1.75. The average molecular weight is 410 g/mol. The van der Waals surface area contributed by atoms with Crippen LogP contribution in [0.25, 0.3) is 0 Å². The zero-order chi connectivity index (χ0) is 20.5. The van der Waals surface area contributed by atoms with E-state index in [1.54, 1.807) is 24.3 Å². The van der Waals surface area contributed by atoms with E-state index in [1.807, 2.05) is 6.92 Å². The minimum absolute atomic E-state index is 0.00803. The Kier molecular flexibility index (Phi) is 8.06. The van der Waals surface area contributed by atoms with Crippen molar-refractivity contribution in [3.8, 4) is 11.5 Å². The lowest BCUT2D eigenvalue weighted by Crippen LogP contribution is -2.47. The molecule has 0 saturated heterocycles. The number of ether oxygens (including phenoxy) is 2. The van der Waals surface area contributed by atoms with Crippen LogP contribution in [0.3, 0.4) is 0 Å². The Morgan fingerprint density at radius 3 is 2.43 bits per heavy atom. The van der Waals surface area contributed by atoms with E-state index in [9.17, 15) is 18.4 Å². The van der Waals surface area contributed by atoms with Crippen LogP contribution in [-0.4, -0.2) is 30.3 Å². The molecule has 0 aliphatic carbocycles. The van der Waals surface area contributed by atoms with Crippen LogP contribution >= 0.6 is 11.8 Å². The first-order chi connectivity index (χ1) is 13.4. The third kappa shape index (κ3) is 6.73. The zero-order valence-corrected chi connectivity index (χ0v) is 16.1. The van der Waals surface area contributed by atoms with Gasteiger partial charge in [-0.2, -0.15) is 0 Å². The first kappa shape index (κ1) is 21.5. The van der Waals surface area contributed by atoms with Gasteiger partial charge in [0.05, 0.1) is 12.4 Å². The number of hydrazine groups is 1. The summed E-state index contributed by atoms with van der Waals surface area (Å²) in [5.74, 6) is -1.41. The van der Waals surface area contributed by atoms with Gasteiger partial charge < -0.3 is 9.47 Å². The highest BCUT2D eigenvalue weighted by atomic mass is 32.2. The van der Waals surface area contributed by atoms with Gasteiger partial charge in [0.2, 0.25) is 5.91 Å². The van der Waals surface area contributed by atoms with E-state index in [-0.39, 0.29) is 10.6 Å². The first-order valence-electron chi connectivity index (χ1n) is 8.45. The monoisotopic (exact) mass is 410 g/mol. The third-order valence-corrected chi connectivity index (χ3v) is 4.42. The van der Waals surface area contributed by atoms with Gasteiger partial charge in [-0.25, -0.2) is 8.78 Å². The van der Waals surface area contributed by atoms with E-state index in [0.717, 1.165) is 30.0 Å². The molecule has 9 heteroatoms. The van der Waals surface area contributed by atoms with Gasteiger partial charge in [-0.15, -0.1) is 11.8 Å². The predicted molar refractivity (Wildman–Crippen MR) is 101 cm³/mol. The Morgan fingerprint density at radius 1 is 1.07 bits per heavy atom. The molecule has 0 aromatic heterocycles. The maximum Gasteiger partial charge on any atom is 0.279 e. The Morgan fingerprint density at radius 2 is 1.75 bits per heavy atom. The Hall–Kier alpha value is -2.81. The van der Waals surface area contributed by atoms with Crippen LogP contribution in [0, 0.1) is 11.6 Å². The molecule has 2 aromatic carbocycles. The van der Waals surface area contributed by atoms with Gasteiger partial charge in [-0.3, -0.25) is 20.4 Å². The molecule has 2 N–H and O–H groups in total. The summed E-state index contributed by atoms with van der Waals surface area (Å²) in [6.45, 7) is 3.94. The molecular formula is C19H20F2N2O4S. The van der Waals surface area contributed by atoms with E-state index in [4.69, 9.17) is 9.47 Å². The normalized spacial score (nSPS) is 11.4. The third-order valence-electron chi connectivity index (χ3n) is 3.39. The smallest absolute Gasteiger partial charge is 0.279 e. The van der Waals surface area contributed by atoms with E-state index in [1.165, 1.54) is 6.92 Å². The molecule has 28 heavy (non-hydrogen) atoms. The molecule has 0 spiro atoms. The Bertz CT molecular complexity index is 818. The van der Waals surface area contributed by atoms with Gasteiger partial charge in [0.15, 0.2) is 6.10 Å². The maximum atomic E-state index is 13.5. The fourth-order valence-electron chi connectivity index (χ4n) is 2.04. The maximum absolute atomic E-state index is 13.5. The second-order valence-corrected chi connectivity index (χ2v) is 6.58. The quantitative estimate of drug-likeness (QED) is 0.517. The number of halogens is 2. The molecular weight excluding hydrogens is 390 g/mol. The van der Waals surface area contributed by atoms with Crippen molar-refractivity contribution in [2.24, 2.45) is 0 Å². The summed E-state index contributed by atoms with van der Waals surface area (Å²) in [5, 5.41) is 0. The summed E-state index contributed by atoms with van der Waals surface area (Å²) in [4.78, 5) is 23.8. The van der Waals surface area contributed by atoms with Crippen molar-refractivity contribution in [3.63, 3.8) is 0 Å². The van der Waals surface area contributed by atoms with Crippen molar-refractivity contribution < 1.29 is 27.8 Å². The van der Waals surface area contributed by atoms with Gasteiger partial charge in [0.1, 0.15) is 23.1 Å². The van der Waals surface area contributed by atoms with E-state index >= 15 is 0 Å². The highest BCUT2D eigenvalue weighted by molar-refractivity contribution is 8.00. The van der Waals surface area contributed by atoms with Crippen LogP contribution in [0.5, 0.6) is 11.5 Å². The van der Waals surface area contributed by atoms with Crippen molar-refractivity contribution in [3.05, 3.63) is 54.1 Å². The van der Waals surface area contributed by atoms with Gasteiger partial charge >= 0.3 is 0 Å². The fraction of sp³-hybridized carbons (Fsp3) is 0.263. The largest absolute Gasteiger partial charge is 0.494 e. The van der Waals surface area contributed by atoms with Crippen LogP contribution in [0.2, 0.25) is 0 Å². The number of carbonyl (C=O) groups is 2. The van der Waals surface area contributed by atoms with Gasteiger partial charge in [-0.1, -0.05) is 0 Å². The van der Waals surface area contributed by atoms with Crippen LogP contribution in [0.1, 0.15) is 13.8 Å². The summed E-state index contributed by atoms with van der Waals surface area (Å²) in [6.07, 6.45) is -0.869. The minimum atomic E-state index is -0.869. The lowest BCUT2D eigenvalue weighted by Gasteiger charge is -2.15. The highest BCUT2D eigenvalue weighted by Gasteiger charge is 2.16. The molecule has 0 bridgehead atoms. The van der Waals surface area contributed by atoms with Gasteiger partial charge in [0.25, 0.3) is 5.91 Å². The molecule has 0 radical (unpaired) electrons. The van der Waals surface area contributed by atoms with Crippen molar-refractivity contribution in [2.75, 3.05) is 12.4 Å². The number of thioether (sulfide) groups is 1. The standard InChI is InChI=1S/C19H20F2N2O4S/c1-3-26-14-5-7-15(8-6-14)27-12(2)19(25)23-22-18(24)11-28-17-10-13(20)4-9-16(17)21/h4-10,12H,3,11H2,1-2H3,(H,22,24)(H,23,25)/t12-/m1/s1. The predicted octanol–water partition coefficient (Wildman–Crippen LogP) is 3.07. The van der Waals surface area contributed by atoms with Crippen molar-refractivity contribution in [1.82, 2.24) is 10.9 Å². The fourth-order valence-corrected chi connectivity index (χ4v) is 2.80. The number of hydrogen-bond acceptors (Lipinski definition) is 5. The summed E-state index contributed by atoms with van der Waals surface area (Å²) >= 11 is 0.816. The van der Waals surface area contributed by atoms with Gasteiger partial charge in [0, 0.05) is 4.90 Å².